The van der Waals surface area contributed by atoms with Crippen LogP contribution in [0.4, 0.5) is 0 Å². The summed E-state index contributed by atoms with van der Waals surface area (Å²) in [6, 6.07) is 9.23. The van der Waals surface area contributed by atoms with Gasteiger partial charge in [-0.2, -0.15) is 5.10 Å². The van der Waals surface area contributed by atoms with Crippen molar-refractivity contribution in [3.8, 4) is 17.1 Å². The van der Waals surface area contributed by atoms with Gasteiger partial charge in [0.05, 0.1) is 18.5 Å². The summed E-state index contributed by atoms with van der Waals surface area (Å²) in [5.41, 5.74) is 2.49. The average Bonchev–Trinajstić information content (AvgIpc) is 3.00. The van der Waals surface area contributed by atoms with Crippen LogP contribution in [0.15, 0.2) is 30.3 Å². The van der Waals surface area contributed by atoms with Crippen molar-refractivity contribution in [3.05, 3.63) is 36.0 Å². The summed E-state index contributed by atoms with van der Waals surface area (Å²) in [6.07, 6.45) is 0. The molecule has 20 heavy (non-hydrogen) atoms. The number of aromatic carboxylic acids is 1. The van der Waals surface area contributed by atoms with Crippen molar-refractivity contribution >= 4 is 16.9 Å². The van der Waals surface area contributed by atoms with Crippen LogP contribution in [0, 0.1) is 0 Å². The number of fused-ring (bicyclic) bond motifs is 1. The number of nitrogens with zero attached hydrogens (tertiary/aromatic N) is 2. The first kappa shape index (κ1) is 12.3. The molecule has 0 fully saturated rings. The summed E-state index contributed by atoms with van der Waals surface area (Å²) < 4.78 is 6.73. The molecule has 6 heteroatoms. The topological polar surface area (TPSA) is 80.1 Å². The maximum Gasteiger partial charge on any atom is 0.356 e. The van der Waals surface area contributed by atoms with Gasteiger partial charge in [0.15, 0.2) is 5.69 Å². The Morgan fingerprint density at radius 2 is 2.15 bits per heavy atom. The minimum atomic E-state index is -1.04. The summed E-state index contributed by atoms with van der Waals surface area (Å²) >= 11 is 0. The van der Waals surface area contributed by atoms with Gasteiger partial charge >= 0.3 is 5.97 Å². The molecule has 0 unspecified atom stereocenters. The van der Waals surface area contributed by atoms with Crippen LogP contribution in [0.3, 0.4) is 0 Å². The van der Waals surface area contributed by atoms with E-state index in [2.05, 4.69) is 10.1 Å². The third-order valence-corrected chi connectivity index (χ3v) is 3.20. The molecule has 0 saturated heterocycles. The molecule has 2 N–H and O–H groups in total. The van der Waals surface area contributed by atoms with Crippen molar-refractivity contribution < 1.29 is 14.6 Å². The molecule has 0 aliphatic carbocycles. The predicted octanol–water partition coefficient (Wildman–Crippen LogP) is 2.28. The Hall–Kier alpha value is -2.76. The Balaban J connectivity index is 2.12. The molecule has 1 aromatic carbocycles. The molecule has 0 spiro atoms. The maximum atomic E-state index is 11.0. The fourth-order valence-corrected chi connectivity index (χ4v) is 2.19. The van der Waals surface area contributed by atoms with E-state index in [9.17, 15) is 4.79 Å². The van der Waals surface area contributed by atoms with E-state index in [0.29, 0.717) is 0 Å². The molecule has 6 nitrogen and oxygen atoms in total. The Kier molecular flexibility index (Phi) is 2.71. The summed E-state index contributed by atoms with van der Waals surface area (Å²) in [4.78, 5) is 14.2. The number of aryl methyl sites for hydroxylation is 1. The smallest absolute Gasteiger partial charge is 0.356 e. The molecule has 3 aromatic rings. The SMILES string of the molecule is COc1ccc2cc(-c3cc(C(=O)O)nn3C)[nH]c2c1. The van der Waals surface area contributed by atoms with Crippen LogP contribution in [0.5, 0.6) is 5.75 Å². The van der Waals surface area contributed by atoms with Gasteiger partial charge in [-0.3, -0.25) is 4.68 Å². The molecule has 0 aliphatic rings. The number of hydrogen-bond acceptors (Lipinski definition) is 3. The van der Waals surface area contributed by atoms with Crippen LogP contribution in [0.1, 0.15) is 10.5 Å². The standard InChI is InChI=1S/C14H13N3O3/c1-17-13(7-12(16-17)14(18)19)11-5-8-3-4-9(20-2)6-10(8)15-11/h3-7,15H,1-2H3,(H,18,19). The number of methoxy groups -OCH3 is 1. The highest BCUT2D eigenvalue weighted by Gasteiger charge is 2.14. The second kappa shape index (κ2) is 4.41. The maximum absolute atomic E-state index is 11.0. The molecule has 2 heterocycles. The van der Waals surface area contributed by atoms with Crippen LogP contribution in [-0.4, -0.2) is 33.0 Å². The number of carbonyl (C=O) groups is 1. The van der Waals surface area contributed by atoms with Crippen molar-refractivity contribution in [2.75, 3.05) is 7.11 Å². The highest BCUT2D eigenvalue weighted by atomic mass is 16.5. The summed E-state index contributed by atoms with van der Waals surface area (Å²) in [5, 5.41) is 14.0. The third-order valence-electron chi connectivity index (χ3n) is 3.20. The normalized spacial score (nSPS) is 10.9. The van der Waals surface area contributed by atoms with Crippen molar-refractivity contribution in [2.45, 2.75) is 0 Å². The Morgan fingerprint density at radius 1 is 1.35 bits per heavy atom. The average molecular weight is 271 g/mol. The third kappa shape index (κ3) is 1.91. The molecule has 0 radical (unpaired) electrons. The number of hydrogen-bond donors (Lipinski definition) is 2. The molecule has 0 amide bonds. The number of carboxylic acid groups (broad SMARTS) is 1. The minimum Gasteiger partial charge on any atom is -0.497 e. The molecule has 0 atom stereocenters. The van der Waals surface area contributed by atoms with Gasteiger partial charge in [0.25, 0.3) is 0 Å². The minimum absolute atomic E-state index is 0.0266. The molecule has 3 rings (SSSR count). The first-order valence-electron chi connectivity index (χ1n) is 6.03. The lowest BCUT2D eigenvalue weighted by atomic mass is 10.2. The monoisotopic (exact) mass is 271 g/mol. The van der Waals surface area contributed by atoms with Gasteiger partial charge in [0, 0.05) is 30.1 Å². The van der Waals surface area contributed by atoms with Crippen LogP contribution < -0.4 is 4.74 Å². The van der Waals surface area contributed by atoms with Crippen molar-refractivity contribution in [1.82, 2.24) is 14.8 Å². The van der Waals surface area contributed by atoms with Gasteiger partial charge in [-0.05, 0) is 18.2 Å². The summed E-state index contributed by atoms with van der Waals surface area (Å²) in [5.74, 6) is -0.272. The van der Waals surface area contributed by atoms with Gasteiger partial charge in [0.1, 0.15) is 5.75 Å². The van der Waals surface area contributed by atoms with E-state index in [1.54, 1.807) is 24.9 Å². The van der Waals surface area contributed by atoms with E-state index in [1.807, 2.05) is 24.3 Å². The quantitative estimate of drug-likeness (QED) is 0.765. The summed E-state index contributed by atoms with van der Waals surface area (Å²) in [7, 11) is 3.33. The summed E-state index contributed by atoms with van der Waals surface area (Å²) in [6.45, 7) is 0. The lowest BCUT2D eigenvalue weighted by Crippen LogP contribution is -1.99. The number of carboxylic acids is 1. The first-order chi connectivity index (χ1) is 9.58. The molecular weight excluding hydrogens is 258 g/mol. The number of H-pyrrole nitrogens is 1. The molecule has 2 aromatic heterocycles. The predicted molar refractivity (Wildman–Crippen MR) is 74.0 cm³/mol. The zero-order valence-corrected chi connectivity index (χ0v) is 11.0. The van der Waals surface area contributed by atoms with E-state index < -0.39 is 5.97 Å². The van der Waals surface area contributed by atoms with Gasteiger partial charge in [-0.1, -0.05) is 0 Å². The number of benzene rings is 1. The Labute approximate surface area is 114 Å². The van der Waals surface area contributed by atoms with Gasteiger partial charge in [-0.15, -0.1) is 0 Å². The van der Waals surface area contributed by atoms with Crippen LogP contribution in [-0.2, 0) is 7.05 Å². The van der Waals surface area contributed by atoms with Crippen LogP contribution in [0.25, 0.3) is 22.3 Å². The molecule has 0 aliphatic heterocycles. The largest absolute Gasteiger partial charge is 0.497 e. The second-order valence-electron chi connectivity index (χ2n) is 4.48. The number of ether oxygens (including phenoxy) is 1. The van der Waals surface area contributed by atoms with Gasteiger partial charge in [0.2, 0.25) is 0 Å². The van der Waals surface area contributed by atoms with Crippen LogP contribution in [0.2, 0.25) is 0 Å². The Bertz CT molecular complexity index is 801. The molecule has 0 bridgehead atoms. The molecule has 0 saturated carbocycles. The van der Waals surface area contributed by atoms with E-state index in [0.717, 1.165) is 28.0 Å². The van der Waals surface area contributed by atoms with Crippen molar-refractivity contribution in [2.24, 2.45) is 7.05 Å². The lowest BCUT2D eigenvalue weighted by Gasteiger charge is -1.98. The Morgan fingerprint density at radius 3 is 2.80 bits per heavy atom. The highest BCUT2D eigenvalue weighted by Crippen LogP contribution is 2.27. The number of aromatic amines is 1. The number of aromatic nitrogens is 3. The number of nitrogens with one attached hydrogen (secondary N) is 1. The second-order valence-corrected chi connectivity index (χ2v) is 4.48. The van der Waals surface area contributed by atoms with Crippen molar-refractivity contribution in [1.29, 1.82) is 0 Å². The zero-order chi connectivity index (χ0) is 14.3. The zero-order valence-electron chi connectivity index (χ0n) is 11.0. The molecule has 102 valence electrons. The van der Waals surface area contributed by atoms with Gasteiger partial charge < -0.3 is 14.8 Å². The fourth-order valence-electron chi connectivity index (χ4n) is 2.19. The van der Waals surface area contributed by atoms with E-state index in [-0.39, 0.29) is 5.69 Å². The number of rotatable bonds is 3. The first-order valence-corrected chi connectivity index (χ1v) is 6.03. The van der Waals surface area contributed by atoms with Crippen molar-refractivity contribution in [3.63, 3.8) is 0 Å². The highest BCUT2D eigenvalue weighted by molar-refractivity contribution is 5.89. The fraction of sp³-hybridized carbons (Fsp3) is 0.143. The van der Waals surface area contributed by atoms with Gasteiger partial charge in [-0.25, -0.2) is 4.79 Å². The van der Waals surface area contributed by atoms with E-state index >= 15 is 0 Å². The molecular formula is C14H13N3O3. The lowest BCUT2D eigenvalue weighted by molar-refractivity contribution is 0.0689. The van der Waals surface area contributed by atoms with E-state index in [4.69, 9.17) is 9.84 Å². The van der Waals surface area contributed by atoms with E-state index in [1.165, 1.54) is 0 Å². The van der Waals surface area contributed by atoms with Crippen LogP contribution >= 0.6 is 0 Å².